The molecule has 0 spiro atoms. The average Bonchev–Trinajstić information content (AvgIpc) is 2.38. The first-order valence-electron chi connectivity index (χ1n) is 6.06. The van der Waals surface area contributed by atoms with Crippen LogP contribution in [0.15, 0.2) is 48.5 Å². The van der Waals surface area contributed by atoms with Gasteiger partial charge in [0.1, 0.15) is 0 Å². The summed E-state index contributed by atoms with van der Waals surface area (Å²) in [6.07, 6.45) is -4.40. The molecule has 0 radical (unpaired) electrons. The molecule has 0 saturated heterocycles. The third-order valence-corrected chi connectivity index (χ3v) is 3.13. The van der Waals surface area contributed by atoms with Crippen LogP contribution in [-0.2, 0) is 6.18 Å². The Hall–Kier alpha value is -1.68. The van der Waals surface area contributed by atoms with Gasteiger partial charge < -0.3 is 5.32 Å². The van der Waals surface area contributed by atoms with Crippen LogP contribution in [0.1, 0.15) is 23.4 Å². The molecule has 0 aromatic heterocycles. The second kappa shape index (κ2) is 5.75. The number of hydrogen-bond donors (Lipinski definition) is 1. The summed E-state index contributed by atoms with van der Waals surface area (Å²) in [5.41, 5.74) is 0.652. The van der Waals surface area contributed by atoms with Gasteiger partial charge in [0, 0.05) is 5.69 Å². The first-order valence-corrected chi connectivity index (χ1v) is 6.49. The van der Waals surface area contributed by atoms with E-state index in [0.29, 0.717) is 5.69 Å². The molecule has 1 atom stereocenters. The zero-order chi connectivity index (χ0) is 14.8. The van der Waals surface area contributed by atoms with Gasteiger partial charge in [0.15, 0.2) is 0 Å². The summed E-state index contributed by atoms with van der Waals surface area (Å²) in [4.78, 5) is 0. The lowest BCUT2D eigenvalue weighted by molar-refractivity contribution is -0.136. The number of anilines is 2. The summed E-state index contributed by atoms with van der Waals surface area (Å²) in [6.45, 7) is 1.78. The van der Waals surface area contributed by atoms with Crippen LogP contribution in [0.25, 0.3) is 0 Å². The fraction of sp³-hybridized carbons (Fsp3) is 0.200. The highest BCUT2D eigenvalue weighted by molar-refractivity contribution is 6.21. The Bertz CT molecular complexity index is 594. The fourth-order valence-electron chi connectivity index (χ4n) is 1.94. The molecule has 0 aliphatic carbocycles. The van der Waals surface area contributed by atoms with E-state index in [2.05, 4.69) is 5.32 Å². The molecule has 0 saturated carbocycles. The average molecular weight is 300 g/mol. The Morgan fingerprint density at radius 2 is 1.50 bits per heavy atom. The molecule has 0 fully saturated rings. The minimum Gasteiger partial charge on any atom is -0.355 e. The molecular weight excluding hydrogens is 287 g/mol. The summed E-state index contributed by atoms with van der Waals surface area (Å²) < 4.78 is 38.8. The number of alkyl halides is 4. The number of para-hydroxylation sites is 2. The van der Waals surface area contributed by atoms with Crippen molar-refractivity contribution in [1.82, 2.24) is 0 Å². The predicted molar refractivity (Wildman–Crippen MR) is 75.4 cm³/mol. The van der Waals surface area contributed by atoms with Gasteiger partial charge in [-0.1, -0.05) is 30.3 Å². The summed E-state index contributed by atoms with van der Waals surface area (Å²) in [5.74, 6) is 0. The number of halogens is 4. The Morgan fingerprint density at radius 3 is 2.10 bits per heavy atom. The Kier molecular flexibility index (Phi) is 4.23. The highest BCUT2D eigenvalue weighted by atomic mass is 35.5. The van der Waals surface area contributed by atoms with E-state index in [9.17, 15) is 13.2 Å². The van der Waals surface area contributed by atoms with E-state index in [1.807, 2.05) is 0 Å². The van der Waals surface area contributed by atoms with E-state index < -0.39 is 11.7 Å². The maximum atomic E-state index is 12.9. The van der Waals surface area contributed by atoms with Gasteiger partial charge in [0.05, 0.1) is 16.6 Å². The van der Waals surface area contributed by atoms with Gasteiger partial charge >= 0.3 is 6.18 Å². The standard InChI is InChI=1S/C15H13ClF3N/c1-10(16)11-6-2-4-8-13(11)20-14-9-5-3-7-12(14)15(17,18)19/h2-10,20H,1H3. The van der Waals surface area contributed by atoms with Crippen LogP contribution in [0, 0.1) is 0 Å². The molecule has 0 aliphatic heterocycles. The molecule has 1 N–H and O–H groups in total. The molecule has 106 valence electrons. The highest BCUT2D eigenvalue weighted by Gasteiger charge is 2.33. The molecule has 0 bridgehead atoms. The Labute approximate surface area is 120 Å². The van der Waals surface area contributed by atoms with Gasteiger partial charge in [-0.3, -0.25) is 0 Å². The molecule has 5 heteroatoms. The van der Waals surface area contributed by atoms with Crippen LogP contribution in [0.4, 0.5) is 24.5 Å². The van der Waals surface area contributed by atoms with Crippen molar-refractivity contribution in [1.29, 1.82) is 0 Å². The van der Waals surface area contributed by atoms with E-state index in [0.717, 1.165) is 11.6 Å². The van der Waals surface area contributed by atoms with Gasteiger partial charge in [-0.05, 0) is 30.7 Å². The number of rotatable bonds is 3. The third kappa shape index (κ3) is 3.25. The van der Waals surface area contributed by atoms with Crippen LogP contribution in [0.3, 0.4) is 0 Å². The Balaban J connectivity index is 2.41. The minimum absolute atomic E-state index is 0.0183. The lowest BCUT2D eigenvalue weighted by Gasteiger charge is -2.17. The molecule has 2 aromatic rings. The van der Waals surface area contributed by atoms with Gasteiger partial charge in [0.25, 0.3) is 0 Å². The maximum Gasteiger partial charge on any atom is 0.418 e. The minimum atomic E-state index is -4.40. The van der Waals surface area contributed by atoms with Crippen LogP contribution in [0.5, 0.6) is 0 Å². The van der Waals surface area contributed by atoms with Gasteiger partial charge in [-0.15, -0.1) is 11.6 Å². The van der Waals surface area contributed by atoms with Gasteiger partial charge in [-0.25, -0.2) is 0 Å². The molecule has 2 rings (SSSR count). The van der Waals surface area contributed by atoms with E-state index in [1.54, 1.807) is 37.3 Å². The second-order valence-electron chi connectivity index (χ2n) is 4.37. The van der Waals surface area contributed by atoms with Crippen LogP contribution in [-0.4, -0.2) is 0 Å². The predicted octanol–water partition coefficient (Wildman–Crippen LogP) is 5.75. The van der Waals surface area contributed by atoms with Crippen molar-refractivity contribution in [2.75, 3.05) is 5.32 Å². The first kappa shape index (κ1) is 14.7. The Morgan fingerprint density at radius 1 is 0.950 bits per heavy atom. The number of nitrogens with one attached hydrogen (secondary N) is 1. The van der Waals surface area contributed by atoms with E-state index in [-0.39, 0.29) is 11.1 Å². The van der Waals surface area contributed by atoms with Crippen molar-refractivity contribution in [3.63, 3.8) is 0 Å². The molecule has 0 aliphatic rings. The molecule has 1 unspecified atom stereocenters. The van der Waals surface area contributed by atoms with Crippen LogP contribution in [0.2, 0.25) is 0 Å². The smallest absolute Gasteiger partial charge is 0.355 e. The maximum absolute atomic E-state index is 12.9. The SMILES string of the molecule is CC(Cl)c1ccccc1Nc1ccccc1C(F)(F)F. The van der Waals surface area contributed by atoms with Crippen molar-refractivity contribution in [3.8, 4) is 0 Å². The van der Waals surface area contributed by atoms with E-state index >= 15 is 0 Å². The summed E-state index contributed by atoms with van der Waals surface area (Å²) in [6, 6.07) is 12.4. The first-order chi connectivity index (χ1) is 9.39. The molecular formula is C15H13ClF3N. The van der Waals surface area contributed by atoms with Gasteiger partial charge in [-0.2, -0.15) is 13.2 Å². The normalized spacial score (nSPS) is 13.1. The molecule has 20 heavy (non-hydrogen) atoms. The highest BCUT2D eigenvalue weighted by Crippen LogP contribution is 2.37. The topological polar surface area (TPSA) is 12.0 Å². The summed E-state index contributed by atoms with van der Waals surface area (Å²) in [7, 11) is 0. The third-order valence-electron chi connectivity index (χ3n) is 2.89. The van der Waals surface area contributed by atoms with Crippen molar-refractivity contribution < 1.29 is 13.2 Å². The number of hydrogen-bond acceptors (Lipinski definition) is 1. The van der Waals surface area contributed by atoms with Crippen molar-refractivity contribution in [2.24, 2.45) is 0 Å². The van der Waals surface area contributed by atoms with E-state index in [4.69, 9.17) is 11.6 Å². The fourth-order valence-corrected chi connectivity index (χ4v) is 2.13. The molecule has 1 nitrogen and oxygen atoms in total. The van der Waals surface area contributed by atoms with E-state index in [1.165, 1.54) is 12.1 Å². The largest absolute Gasteiger partial charge is 0.418 e. The monoisotopic (exact) mass is 299 g/mol. The quantitative estimate of drug-likeness (QED) is 0.712. The lowest BCUT2D eigenvalue weighted by atomic mass is 10.1. The second-order valence-corrected chi connectivity index (χ2v) is 5.03. The van der Waals surface area contributed by atoms with Crippen molar-refractivity contribution in [3.05, 3.63) is 59.7 Å². The van der Waals surface area contributed by atoms with Crippen molar-refractivity contribution in [2.45, 2.75) is 18.5 Å². The van der Waals surface area contributed by atoms with Crippen LogP contribution >= 0.6 is 11.6 Å². The molecule has 0 amide bonds. The van der Waals surface area contributed by atoms with Crippen LogP contribution < -0.4 is 5.32 Å². The zero-order valence-electron chi connectivity index (χ0n) is 10.7. The lowest BCUT2D eigenvalue weighted by Crippen LogP contribution is -2.09. The molecule has 0 heterocycles. The summed E-state index contributed by atoms with van der Waals surface area (Å²) >= 11 is 6.04. The zero-order valence-corrected chi connectivity index (χ0v) is 11.5. The summed E-state index contributed by atoms with van der Waals surface area (Å²) in [5, 5.41) is 2.53. The van der Waals surface area contributed by atoms with Gasteiger partial charge in [0.2, 0.25) is 0 Å². The number of benzene rings is 2. The van der Waals surface area contributed by atoms with Crippen molar-refractivity contribution >= 4 is 23.0 Å². The molecule has 2 aromatic carbocycles.